The third-order valence-electron chi connectivity index (χ3n) is 1.85. The maximum atomic E-state index is 13.3. The third kappa shape index (κ3) is 1.91. The van der Waals surface area contributed by atoms with E-state index in [-0.39, 0.29) is 10.8 Å². The Bertz CT molecular complexity index is 344. The number of ether oxygens (including phenoxy) is 1. The summed E-state index contributed by atoms with van der Waals surface area (Å²) in [6.07, 6.45) is 0.368. The summed E-state index contributed by atoms with van der Waals surface area (Å²) in [4.78, 5) is 0. The molecule has 0 aromatic heterocycles. The molecule has 3 nitrogen and oxygen atoms in total. The van der Waals surface area contributed by atoms with Crippen molar-refractivity contribution in [2.24, 2.45) is 5.73 Å². The summed E-state index contributed by atoms with van der Waals surface area (Å²) in [7, 11) is 1.28. The average molecular weight is 220 g/mol. The van der Waals surface area contributed by atoms with Crippen LogP contribution in [0.25, 0.3) is 0 Å². The minimum atomic E-state index is -0.844. The Morgan fingerprint density at radius 1 is 1.64 bits per heavy atom. The molecule has 0 amide bonds. The number of halogens is 2. The highest BCUT2D eigenvalue weighted by Crippen LogP contribution is 2.36. The van der Waals surface area contributed by atoms with E-state index >= 15 is 0 Å². The number of benzene rings is 1. The number of hydrogen-bond donors (Lipinski definition) is 2. The van der Waals surface area contributed by atoms with Gasteiger partial charge in [0.25, 0.3) is 0 Å². The molecular formula is C9H11ClFNO2. The van der Waals surface area contributed by atoms with E-state index in [0.717, 1.165) is 0 Å². The van der Waals surface area contributed by atoms with Gasteiger partial charge in [-0.3, -0.25) is 0 Å². The first kappa shape index (κ1) is 11.1. The first-order valence-electron chi connectivity index (χ1n) is 4.05. The fourth-order valence-corrected chi connectivity index (χ4v) is 1.47. The van der Waals surface area contributed by atoms with Crippen LogP contribution in [0.5, 0.6) is 11.5 Å². The summed E-state index contributed by atoms with van der Waals surface area (Å²) in [6, 6.07) is 1.45. The zero-order chi connectivity index (χ0) is 10.7. The molecule has 0 radical (unpaired) electrons. The lowest BCUT2D eigenvalue weighted by Crippen LogP contribution is -2.04. The van der Waals surface area contributed by atoms with Gasteiger partial charge in [-0.15, -0.1) is 0 Å². The van der Waals surface area contributed by atoms with Crippen LogP contribution in [0.2, 0.25) is 5.02 Å². The SMILES string of the molecule is COc1c(Cl)cc(CCN)c(O)c1F. The van der Waals surface area contributed by atoms with Crippen LogP contribution in [-0.4, -0.2) is 18.8 Å². The lowest BCUT2D eigenvalue weighted by atomic mass is 10.1. The van der Waals surface area contributed by atoms with Crippen LogP contribution in [0.15, 0.2) is 6.07 Å². The average Bonchev–Trinajstić information content (AvgIpc) is 2.15. The Labute approximate surface area is 86.2 Å². The zero-order valence-corrected chi connectivity index (χ0v) is 8.44. The fraction of sp³-hybridized carbons (Fsp3) is 0.333. The van der Waals surface area contributed by atoms with E-state index in [1.54, 1.807) is 0 Å². The minimum Gasteiger partial charge on any atom is -0.505 e. The summed E-state index contributed by atoms with van der Waals surface area (Å²) in [5.74, 6) is -1.44. The predicted molar refractivity (Wildman–Crippen MR) is 52.4 cm³/mol. The standard InChI is InChI=1S/C9H11ClFNO2/c1-14-9-6(10)4-5(2-3-12)8(13)7(9)11/h4,13H,2-3,12H2,1H3. The smallest absolute Gasteiger partial charge is 0.208 e. The van der Waals surface area contributed by atoms with Crippen molar-refractivity contribution in [2.75, 3.05) is 13.7 Å². The zero-order valence-electron chi connectivity index (χ0n) is 7.68. The molecule has 3 N–H and O–H groups in total. The van der Waals surface area contributed by atoms with Gasteiger partial charge in [0.1, 0.15) is 0 Å². The van der Waals surface area contributed by atoms with Gasteiger partial charge in [-0.2, -0.15) is 4.39 Å². The molecule has 1 aromatic carbocycles. The van der Waals surface area contributed by atoms with Crippen molar-refractivity contribution in [3.8, 4) is 11.5 Å². The van der Waals surface area contributed by atoms with Crippen molar-refractivity contribution in [3.05, 3.63) is 22.5 Å². The molecule has 14 heavy (non-hydrogen) atoms. The van der Waals surface area contributed by atoms with E-state index < -0.39 is 11.6 Å². The quantitative estimate of drug-likeness (QED) is 0.814. The van der Waals surface area contributed by atoms with Crippen LogP contribution in [0.1, 0.15) is 5.56 Å². The lowest BCUT2D eigenvalue weighted by molar-refractivity contribution is 0.362. The molecule has 0 aliphatic carbocycles. The molecule has 0 bridgehead atoms. The summed E-state index contributed by atoms with van der Waals surface area (Å²) < 4.78 is 18.0. The number of hydrogen-bond acceptors (Lipinski definition) is 3. The molecule has 0 saturated carbocycles. The largest absolute Gasteiger partial charge is 0.505 e. The molecule has 5 heteroatoms. The van der Waals surface area contributed by atoms with Crippen molar-refractivity contribution >= 4 is 11.6 Å². The van der Waals surface area contributed by atoms with Crippen LogP contribution in [0.4, 0.5) is 4.39 Å². The van der Waals surface area contributed by atoms with Crippen LogP contribution < -0.4 is 10.5 Å². The number of methoxy groups -OCH3 is 1. The molecular weight excluding hydrogens is 209 g/mol. The van der Waals surface area contributed by atoms with Crippen molar-refractivity contribution in [1.29, 1.82) is 0 Å². The maximum Gasteiger partial charge on any atom is 0.208 e. The fourth-order valence-electron chi connectivity index (χ4n) is 1.17. The van der Waals surface area contributed by atoms with E-state index in [1.165, 1.54) is 13.2 Å². The first-order valence-corrected chi connectivity index (χ1v) is 4.43. The van der Waals surface area contributed by atoms with Crippen LogP contribution in [0.3, 0.4) is 0 Å². The molecule has 0 spiro atoms. The molecule has 0 aliphatic rings. The van der Waals surface area contributed by atoms with Gasteiger partial charge < -0.3 is 15.6 Å². The van der Waals surface area contributed by atoms with Gasteiger partial charge in [-0.25, -0.2) is 0 Å². The molecule has 1 aromatic rings. The van der Waals surface area contributed by atoms with Gasteiger partial charge in [-0.1, -0.05) is 11.6 Å². The van der Waals surface area contributed by atoms with Gasteiger partial charge in [0.15, 0.2) is 11.5 Å². The Hall–Kier alpha value is -1.00. The van der Waals surface area contributed by atoms with E-state index in [2.05, 4.69) is 0 Å². The molecule has 0 heterocycles. The molecule has 78 valence electrons. The lowest BCUT2D eigenvalue weighted by Gasteiger charge is -2.09. The minimum absolute atomic E-state index is 0.131. The Kier molecular flexibility index (Phi) is 3.55. The van der Waals surface area contributed by atoms with Crippen molar-refractivity contribution in [2.45, 2.75) is 6.42 Å². The summed E-state index contributed by atoms with van der Waals surface area (Å²) >= 11 is 5.73. The maximum absolute atomic E-state index is 13.3. The van der Waals surface area contributed by atoms with E-state index in [0.29, 0.717) is 18.5 Å². The van der Waals surface area contributed by atoms with Crippen LogP contribution in [-0.2, 0) is 6.42 Å². The normalized spacial score (nSPS) is 10.3. The third-order valence-corrected chi connectivity index (χ3v) is 2.13. The Balaban J connectivity index is 3.25. The van der Waals surface area contributed by atoms with Crippen LogP contribution in [0, 0.1) is 5.82 Å². The van der Waals surface area contributed by atoms with Gasteiger partial charge in [0.05, 0.1) is 12.1 Å². The molecule has 0 saturated heterocycles. The summed E-state index contributed by atoms with van der Waals surface area (Å²) in [5.41, 5.74) is 5.68. The Morgan fingerprint density at radius 2 is 2.29 bits per heavy atom. The second kappa shape index (κ2) is 4.48. The number of nitrogens with two attached hydrogens (primary N) is 1. The monoisotopic (exact) mass is 219 g/mol. The molecule has 1 rings (SSSR count). The second-order valence-corrected chi connectivity index (χ2v) is 3.16. The van der Waals surface area contributed by atoms with E-state index in [4.69, 9.17) is 22.1 Å². The Morgan fingerprint density at radius 3 is 2.79 bits per heavy atom. The van der Waals surface area contributed by atoms with Crippen LogP contribution >= 0.6 is 11.6 Å². The number of phenolic OH excluding ortho intramolecular Hbond substituents is 1. The van der Waals surface area contributed by atoms with Gasteiger partial charge >= 0.3 is 0 Å². The van der Waals surface area contributed by atoms with E-state index in [9.17, 15) is 9.50 Å². The van der Waals surface area contributed by atoms with E-state index in [1.807, 2.05) is 0 Å². The highest BCUT2D eigenvalue weighted by atomic mass is 35.5. The van der Waals surface area contributed by atoms with Crippen molar-refractivity contribution in [3.63, 3.8) is 0 Å². The molecule has 0 fully saturated rings. The van der Waals surface area contributed by atoms with Gasteiger partial charge in [0, 0.05) is 0 Å². The topological polar surface area (TPSA) is 55.5 Å². The molecule has 0 unspecified atom stereocenters. The highest BCUT2D eigenvalue weighted by molar-refractivity contribution is 6.32. The highest BCUT2D eigenvalue weighted by Gasteiger charge is 2.16. The summed E-state index contributed by atoms with van der Waals surface area (Å²) in [6.45, 7) is 0.315. The van der Waals surface area contributed by atoms with Gasteiger partial charge in [-0.05, 0) is 24.6 Å². The number of phenols is 1. The molecule has 0 aliphatic heterocycles. The summed E-state index contributed by atoms with van der Waals surface area (Å²) in [5, 5.41) is 9.53. The molecule has 0 atom stereocenters. The first-order chi connectivity index (χ1) is 6.61. The number of rotatable bonds is 3. The predicted octanol–water partition coefficient (Wildman–Crippen LogP) is 1.69. The second-order valence-electron chi connectivity index (χ2n) is 2.75. The van der Waals surface area contributed by atoms with Crippen molar-refractivity contribution < 1.29 is 14.2 Å². The van der Waals surface area contributed by atoms with Gasteiger partial charge in [0.2, 0.25) is 5.82 Å². The van der Waals surface area contributed by atoms with Crippen molar-refractivity contribution in [1.82, 2.24) is 0 Å². The number of aromatic hydroxyl groups is 1.